The van der Waals surface area contributed by atoms with Gasteiger partial charge in [0.1, 0.15) is 0 Å². The van der Waals surface area contributed by atoms with Crippen molar-refractivity contribution in [2.24, 2.45) is 0 Å². The Morgan fingerprint density at radius 2 is 1.95 bits per heavy atom. The Balaban J connectivity index is 2.08. The molecule has 0 aliphatic carbocycles. The van der Waals surface area contributed by atoms with E-state index < -0.39 is 0 Å². The lowest BCUT2D eigenvalue weighted by Crippen LogP contribution is -2.55. The van der Waals surface area contributed by atoms with Crippen molar-refractivity contribution < 1.29 is 9.90 Å². The molecule has 1 aromatic carbocycles. The standard InChI is InChI=1S/C15H22N2O2/c1-12-3-5-13(6-4-12)11-17-9-8-16(2)15(19)14(17)7-10-18/h3-6,14,18H,7-11H2,1-2H3. The molecule has 0 spiro atoms. The molecule has 1 unspecified atom stereocenters. The Morgan fingerprint density at radius 1 is 1.26 bits per heavy atom. The summed E-state index contributed by atoms with van der Waals surface area (Å²) in [6, 6.07) is 8.20. The Kier molecular flexibility index (Phi) is 4.56. The summed E-state index contributed by atoms with van der Waals surface area (Å²) in [6.45, 7) is 4.50. The van der Waals surface area contributed by atoms with Gasteiger partial charge in [0.15, 0.2) is 0 Å². The van der Waals surface area contributed by atoms with Crippen molar-refractivity contribution in [2.75, 3.05) is 26.7 Å². The van der Waals surface area contributed by atoms with E-state index in [2.05, 4.69) is 36.1 Å². The van der Waals surface area contributed by atoms with Gasteiger partial charge in [-0.05, 0) is 18.9 Å². The summed E-state index contributed by atoms with van der Waals surface area (Å²) in [5.74, 6) is 0.118. The third-order valence-corrected chi connectivity index (χ3v) is 3.73. The molecule has 1 aromatic rings. The van der Waals surface area contributed by atoms with Crippen LogP contribution >= 0.6 is 0 Å². The average Bonchev–Trinajstić information content (AvgIpc) is 2.41. The van der Waals surface area contributed by atoms with Gasteiger partial charge in [-0.1, -0.05) is 29.8 Å². The zero-order chi connectivity index (χ0) is 13.8. The maximum Gasteiger partial charge on any atom is 0.239 e. The molecule has 2 rings (SSSR count). The number of rotatable bonds is 4. The topological polar surface area (TPSA) is 43.8 Å². The fraction of sp³-hybridized carbons (Fsp3) is 0.533. The van der Waals surface area contributed by atoms with Crippen LogP contribution in [-0.4, -0.2) is 53.6 Å². The van der Waals surface area contributed by atoms with Crippen LogP contribution in [0.3, 0.4) is 0 Å². The molecule has 0 saturated carbocycles. The average molecular weight is 262 g/mol. The molecule has 4 heteroatoms. The SMILES string of the molecule is Cc1ccc(CN2CCN(C)C(=O)C2CCO)cc1. The number of likely N-dealkylation sites (N-methyl/N-ethyl adjacent to an activating group) is 1. The number of carbonyl (C=O) groups is 1. The lowest BCUT2D eigenvalue weighted by Gasteiger charge is -2.39. The smallest absolute Gasteiger partial charge is 0.239 e. The molecular weight excluding hydrogens is 240 g/mol. The minimum Gasteiger partial charge on any atom is -0.396 e. The Morgan fingerprint density at radius 3 is 2.58 bits per heavy atom. The number of benzene rings is 1. The van der Waals surface area contributed by atoms with Crippen LogP contribution in [0.4, 0.5) is 0 Å². The third kappa shape index (κ3) is 3.33. The van der Waals surface area contributed by atoms with E-state index in [1.807, 2.05) is 7.05 Å². The number of aryl methyl sites for hydroxylation is 1. The van der Waals surface area contributed by atoms with E-state index in [4.69, 9.17) is 5.11 Å². The molecule has 1 aliphatic heterocycles. The predicted molar refractivity (Wildman–Crippen MR) is 74.7 cm³/mol. The van der Waals surface area contributed by atoms with E-state index in [1.54, 1.807) is 4.90 Å². The molecule has 1 saturated heterocycles. The molecule has 1 heterocycles. The maximum absolute atomic E-state index is 12.1. The minimum atomic E-state index is -0.190. The van der Waals surface area contributed by atoms with Gasteiger partial charge in [0.05, 0.1) is 6.04 Å². The van der Waals surface area contributed by atoms with Crippen molar-refractivity contribution in [1.29, 1.82) is 0 Å². The summed E-state index contributed by atoms with van der Waals surface area (Å²) in [4.78, 5) is 16.1. The largest absolute Gasteiger partial charge is 0.396 e. The van der Waals surface area contributed by atoms with Crippen LogP contribution in [0.25, 0.3) is 0 Å². The van der Waals surface area contributed by atoms with Crippen LogP contribution in [0.1, 0.15) is 17.5 Å². The van der Waals surface area contributed by atoms with Crippen LogP contribution in [0.2, 0.25) is 0 Å². The summed E-state index contributed by atoms with van der Waals surface area (Å²) in [5, 5.41) is 9.15. The predicted octanol–water partition coefficient (Wildman–Crippen LogP) is 1.02. The van der Waals surface area contributed by atoms with E-state index in [0.29, 0.717) is 6.42 Å². The van der Waals surface area contributed by atoms with Crippen LogP contribution in [0, 0.1) is 6.92 Å². The molecule has 1 N–H and O–H groups in total. The molecule has 104 valence electrons. The van der Waals surface area contributed by atoms with Gasteiger partial charge in [0.25, 0.3) is 0 Å². The number of carbonyl (C=O) groups excluding carboxylic acids is 1. The van der Waals surface area contributed by atoms with Gasteiger partial charge in [0, 0.05) is 33.3 Å². The first kappa shape index (κ1) is 14.0. The van der Waals surface area contributed by atoms with Gasteiger partial charge in [-0.15, -0.1) is 0 Å². The minimum absolute atomic E-state index is 0.0502. The van der Waals surface area contributed by atoms with Crippen LogP contribution in [0.15, 0.2) is 24.3 Å². The van der Waals surface area contributed by atoms with Crippen molar-refractivity contribution in [3.05, 3.63) is 35.4 Å². The Hall–Kier alpha value is -1.39. The highest BCUT2D eigenvalue weighted by Crippen LogP contribution is 2.17. The van der Waals surface area contributed by atoms with Crippen molar-refractivity contribution in [3.8, 4) is 0 Å². The molecule has 0 aromatic heterocycles. The van der Waals surface area contributed by atoms with Crippen molar-refractivity contribution in [3.63, 3.8) is 0 Å². The van der Waals surface area contributed by atoms with Crippen molar-refractivity contribution in [2.45, 2.75) is 25.9 Å². The lowest BCUT2D eigenvalue weighted by molar-refractivity contribution is -0.141. The van der Waals surface area contributed by atoms with E-state index in [0.717, 1.165) is 19.6 Å². The zero-order valence-corrected chi connectivity index (χ0v) is 11.7. The number of aliphatic hydroxyl groups excluding tert-OH is 1. The molecule has 0 radical (unpaired) electrons. The normalized spacial score (nSPS) is 20.9. The first-order valence-electron chi connectivity index (χ1n) is 6.77. The summed E-state index contributed by atoms with van der Waals surface area (Å²) in [6.07, 6.45) is 0.509. The van der Waals surface area contributed by atoms with Crippen LogP contribution < -0.4 is 0 Å². The van der Waals surface area contributed by atoms with E-state index >= 15 is 0 Å². The number of aliphatic hydroxyl groups is 1. The zero-order valence-electron chi connectivity index (χ0n) is 11.7. The van der Waals surface area contributed by atoms with E-state index in [9.17, 15) is 4.79 Å². The second kappa shape index (κ2) is 6.17. The van der Waals surface area contributed by atoms with Crippen LogP contribution in [-0.2, 0) is 11.3 Å². The molecule has 0 bridgehead atoms. The Bertz CT molecular complexity index is 430. The summed E-state index contributed by atoms with van der Waals surface area (Å²) < 4.78 is 0. The molecule has 19 heavy (non-hydrogen) atoms. The summed E-state index contributed by atoms with van der Waals surface area (Å²) >= 11 is 0. The lowest BCUT2D eigenvalue weighted by atomic mass is 10.1. The van der Waals surface area contributed by atoms with Crippen molar-refractivity contribution >= 4 is 5.91 Å². The highest BCUT2D eigenvalue weighted by atomic mass is 16.3. The highest BCUT2D eigenvalue weighted by molar-refractivity contribution is 5.82. The molecule has 4 nitrogen and oxygen atoms in total. The molecule has 1 fully saturated rings. The monoisotopic (exact) mass is 262 g/mol. The second-order valence-electron chi connectivity index (χ2n) is 5.24. The third-order valence-electron chi connectivity index (χ3n) is 3.73. The summed E-state index contributed by atoms with van der Waals surface area (Å²) in [7, 11) is 1.83. The number of piperazine rings is 1. The first-order chi connectivity index (χ1) is 9.11. The van der Waals surface area contributed by atoms with Gasteiger partial charge in [0.2, 0.25) is 5.91 Å². The van der Waals surface area contributed by atoms with E-state index in [-0.39, 0.29) is 18.6 Å². The van der Waals surface area contributed by atoms with Gasteiger partial charge >= 0.3 is 0 Å². The number of nitrogens with zero attached hydrogens (tertiary/aromatic N) is 2. The number of hydrogen-bond acceptors (Lipinski definition) is 3. The quantitative estimate of drug-likeness (QED) is 0.881. The van der Waals surface area contributed by atoms with Gasteiger partial charge < -0.3 is 10.0 Å². The second-order valence-corrected chi connectivity index (χ2v) is 5.24. The highest BCUT2D eigenvalue weighted by Gasteiger charge is 2.32. The first-order valence-corrected chi connectivity index (χ1v) is 6.77. The van der Waals surface area contributed by atoms with E-state index in [1.165, 1.54) is 11.1 Å². The molecule has 1 amide bonds. The summed E-state index contributed by atoms with van der Waals surface area (Å²) in [5.41, 5.74) is 2.45. The fourth-order valence-electron chi connectivity index (χ4n) is 2.50. The van der Waals surface area contributed by atoms with Gasteiger partial charge in [-0.3, -0.25) is 9.69 Å². The van der Waals surface area contributed by atoms with Gasteiger partial charge in [-0.25, -0.2) is 0 Å². The van der Waals surface area contributed by atoms with Gasteiger partial charge in [-0.2, -0.15) is 0 Å². The van der Waals surface area contributed by atoms with Crippen molar-refractivity contribution in [1.82, 2.24) is 9.80 Å². The fourth-order valence-corrected chi connectivity index (χ4v) is 2.50. The molecule has 1 aliphatic rings. The number of hydrogen-bond donors (Lipinski definition) is 1. The Labute approximate surface area is 114 Å². The molecule has 1 atom stereocenters. The maximum atomic E-state index is 12.1. The van der Waals surface area contributed by atoms with Crippen LogP contribution in [0.5, 0.6) is 0 Å². The number of amides is 1. The molecular formula is C15H22N2O2.